The lowest BCUT2D eigenvalue weighted by Gasteiger charge is -2.30. The molecule has 1 unspecified atom stereocenters. The maximum absolute atomic E-state index is 12.1. The Kier molecular flexibility index (Phi) is 4.73. The summed E-state index contributed by atoms with van der Waals surface area (Å²) >= 11 is 0. The highest BCUT2D eigenvalue weighted by atomic mass is 16.2. The largest absolute Gasteiger partial charge is 0.334 e. The van der Waals surface area contributed by atoms with Crippen LogP contribution in [0.5, 0.6) is 0 Å². The highest BCUT2D eigenvalue weighted by Crippen LogP contribution is 2.16. The number of amides is 2. The Morgan fingerprint density at radius 3 is 2.71 bits per heavy atom. The van der Waals surface area contributed by atoms with Crippen molar-refractivity contribution >= 4 is 23.3 Å². The molecule has 1 aromatic rings. The van der Waals surface area contributed by atoms with Gasteiger partial charge in [-0.15, -0.1) is 0 Å². The zero-order chi connectivity index (χ0) is 15.4. The molecule has 5 nitrogen and oxygen atoms in total. The minimum absolute atomic E-state index is 0.0812. The van der Waals surface area contributed by atoms with Crippen LogP contribution in [0.1, 0.15) is 37.0 Å². The first kappa shape index (κ1) is 15.2. The molecule has 0 aliphatic carbocycles. The summed E-state index contributed by atoms with van der Waals surface area (Å²) in [7, 11) is 0. The molecule has 0 saturated carbocycles. The van der Waals surface area contributed by atoms with Crippen LogP contribution in [0.4, 0.5) is 5.69 Å². The van der Waals surface area contributed by atoms with Crippen LogP contribution in [-0.2, 0) is 9.59 Å². The Labute approximate surface area is 124 Å². The smallest absolute Gasteiger partial charge is 0.313 e. The zero-order valence-electron chi connectivity index (χ0n) is 12.4. The van der Waals surface area contributed by atoms with E-state index in [4.69, 9.17) is 0 Å². The fourth-order valence-electron chi connectivity index (χ4n) is 2.52. The van der Waals surface area contributed by atoms with Gasteiger partial charge in [-0.2, -0.15) is 0 Å². The lowest BCUT2D eigenvalue weighted by atomic mass is 10.0. The zero-order valence-corrected chi connectivity index (χ0v) is 12.4. The average Bonchev–Trinajstić information content (AvgIpc) is 2.46. The van der Waals surface area contributed by atoms with Crippen molar-refractivity contribution in [2.45, 2.75) is 26.7 Å². The SMILES string of the molecule is CC(=O)c1cccc(NC(=O)C(=O)N2CCCC(C)C2)c1. The summed E-state index contributed by atoms with van der Waals surface area (Å²) in [6.07, 6.45) is 2.02. The summed E-state index contributed by atoms with van der Waals surface area (Å²) in [5.74, 6) is -0.807. The second kappa shape index (κ2) is 6.52. The van der Waals surface area contributed by atoms with E-state index in [2.05, 4.69) is 12.2 Å². The third-order valence-corrected chi connectivity index (χ3v) is 3.67. The Morgan fingerprint density at radius 2 is 2.05 bits per heavy atom. The monoisotopic (exact) mass is 288 g/mol. The first-order valence-electron chi connectivity index (χ1n) is 7.18. The molecule has 1 N–H and O–H groups in total. The highest BCUT2D eigenvalue weighted by Gasteiger charge is 2.26. The summed E-state index contributed by atoms with van der Waals surface area (Å²) in [5, 5.41) is 2.57. The lowest BCUT2D eigenvalue weighted by Crippen LogP contribution is -2.44. The number of carbonyl (C=O) groups excluding carboxylic acids is 3. The molecular formula is C16H20N2O3. The Bertz CT molecular complexity index is 568. The van der Waals surface area contributed by atoms with E-state index < -0.39 is 11.8 Å². The van der Waals surface area contributed by atoms with Crippen LogP contribution >= 0.6 is 0 Å². The Morgan fingerprint density at radius 1 is 1.29 bits per heavy atom. The van der Waals surface area contributed by atoms with Gasteiger partial charge in [0, 0.05) is 24.3 Å². The van der Waals surface area contributed by atoms with E-state index in [1.54, 1.807) is 29.2 Å². The third-order valence-electron chi connectivity index (χ3n) is 3.67. The Hall–Kier alpha value is -2.17. The number of ketones is 1. The molecule has 0 aromatic heterocycles. The van der Waals surface area contributed by atoms with Crippen molar-refractivity contribution in [3.63, 3.8) is 0 Å². The number of piperidine rings is 1. The second-order valence-corrected chi connectivity index (χ2v) is 5.59. The minimum Gasteiger partial charge on any atom is -0.334 e. The van der Waals surface area contributed by atoms with Crippen molar-refractivity contribution in [3.05, 3.63) is 29.8 Å². The van der Waals surface area contributed by atoms with Gasteiger partial charge in [-0.1, -0.05) is 19.1 Å². The second-order valence-electron chi connectivity index (χ2n) is 5.59. The molecule has 1 aromatic carbocycles. The van der Waals surface area contributed by atoms with Crippen LogP contribution in [0, 0.1) is 5.92 Å². The van der Waals surface area contributed by atoms with Crippen molar-refractivity contribution in [2.24, 2.45) is 5.92 Å². The number of rotatable bonds is 2. The molecule has 1 heterocycles. The Balaban J connectivity index is 2.02. The molecule has 1 aliphatic rings. The van der Waals surface area contributed by atoms with Gasteiger partial charge in [0.25, 0.3) is 0 Å². The van der Waals surface area contributed by atoms with Crippen molar-refractivity contribution in [1.82, 2.24) is 4.90 Å². The topological polar surface area (TPSA) is 66.5 Å². The summed E-state index contributed by atoms with van der Waals surface area (Å²) in [4.78, 5) is 37.0. The molecular weight excluding hydrogens is 268 g/mol. The van der Waals surface area contributed by atoms with Gasteiger partial charge in [0.1, 0.15) is 0 Å². The molecule has 2 rings (SSSR count). The quantitative estimate of drug-likeness (QED) is 0.669. The molecule has 1 saturated heterocycles. The fourth-order valence-corrected chi connectivity index (χ4v) is 2.52. The van der Waals surface area contributed by atoms with Gasteiger partial charge in [0.15, 0.2) is 5.78 Å². The maximum Gasteiger partial charge on any atom is 0.313 e. The van der Waals surface area contributed by atoms with Gasteiger partial charge in [0.2, 0.25) is 0 Å². The molecule has 1 aliphatic heterocycles. The predicted octanol–water partition coefficient (Wildman–Crippen LogP) is 2.09. The molecule has 1 fully saturated rings. The van der Waals surface area contributed by atoms with Gasteiger partial charge in [-0.05, 0) is 37.8 Å². The third kappa shape index (κ3) is 3.90. The van der Waals surface area contributed by atoms with Crippen LogP contribution in [0.3, 0.4) is 0 Å². The summed E-state index contributed by atoms with van der Waals surface area (Å²) in [5.41, 5.74) is 0.970. The maximum atomic E-state index is 12.1. The molecule has 0 spiro atoms. The van der Waals surface area contributed by atoms with E-state index in [9.17, 15) is 14.4 Å². The standard InChI is InChI=1S/C16H20N2O3/c1-11-5-4-8-18(10-11)16(21)15(20)17-14-7-3-6-13(9-14)12(2)19/h3,6-7,9,11H,4-5,8,10H2,1-2H3,(H,17,20). The number of anilines is 1. The molecule has 112 valence electrons. The first-order chi connectivity index (χ1) is 9.97. The summed E-state index contributed by atoms with van der Waals surface area (Å²) in [6, 6.07) is 6.59. The van der Waals surface area contributed by atoms with Crippen molar-refractivity contribution in [3.8, 4) is 0 Å². The molecule has 2 amide bonds. The van der Waals surface area contributed by atoms with Gasteiger partial charge in [0.05, 0.1) is 0 Å². The number of hydrogen-bond donors (Lipinski definition) is 1. The van der Waals surface area contributed by atoms with Crippen LogP contribution < -0.4 is 5.32 Å². The minimum atomic E-state index is -0.648. The van der Waals surface area contributed by atoms with Gasteiger partial charge in [-0.3, -0.25) is 14.4 Å². The number of Topliss-reactive ketones (excluding diaryl/α,β-unsaturated/α-hetero) is 1. The number of benzene rings is 1. The van der Waals surface area contributed by atoms with Gasteiger partial charge >= 0.3 is 11.8 Å². The summed E-state index contributed by atoms with van der Waals surface area (Å²) < 4.78 is 0. The number of likely N-dealkylation sites (tertiary alicyclic amines) is 1. The van der Waals surface area contributed by atoms with Crippen LogP contribution in [0.25, 0.3) is 0 Å². The number of carbonyl (C=O) groups is 3. The van der Waals surface area contributed by atoms with Gasteiger partial charge in [-0.25, -0.2) is 0 Å². The first-order valence-corrected chi connectivity index (χ1v) is 7.18. The molecule has 0 radical (unpaired) electrons. The van der Waals surface area contributed by atoms with Crippen LogP contribution in [0.2, 0.25) is 0 Å². The van der Waals surface area contributed by atoms with E-state index in [0.29, 0.717) is 30.3 Å². The fraction of sp³-hybridized carbons (Fsp3) is 0.438. The van der Waals surface area contributed by atoms with Gasteiger partial charge < -0.3 is 10.2 Å². The molecule has 21 heavy (non-hydrogen) atoms. The average molecular weight is 288 g/mol. The van der Waals surface area contributed by atoms with E-state index in [1.807, 2.05) is 0 Å². The van der Waals surface area contributed by atoms with Crippen molar-refractivity contribution in [1.29, 1.82) is 0 Å². The van der Waals surface area contributed by atoms with Crippen molar-refractivity contribution in [2.75, 3.05) is 18.4 Å². The van der Waals surface area contributed by atoms with E-state index in [0.717, 1.165) is 12.8 Å². The molecule has 5 heteroatoms. The van der Waals surface area contributed by atoms with Crippen LogP contribution in [0.15, 0.2) is 24.3 Å². The lowest BCUT2D eigenvalue weighted by molar-refractivity contribution is -0.144. The van der Waals surface area contributed by atoms with Crippen molar-refractivity contribution < 1.29 is 14.4 Å². The number of hydrogen-bond acceptors (Lipinski definition) is 3. The van der Waals surface area contributed by atoms with Crippen LogP contribution in [-0.4, -0.2) is 35.6 Å². The summed E-state index contributed by atoms with van der Waals surface area (Å²) in [6.45, 7) is 4.79. The van der Waals surface area contributed by atoms with E-state index in [-0.39, 0.29) is 5.78 Å². The normalized spacial score (nSPS) is 18.2. The van der Waals surface area contributed by atoms with E-state index >= 15 is 0 Å². The highest BCUT2D eigenvalue weighted by molar-refractivity contribution is 6.39. The van der Waals surface area contributed by atoms with E-state index in [1.165, 1.54) is 6.92 Å². The molecule has 0 bridgehead atoms. The predicted molar refractivity (Wildman–Crippen MR) is 80.1 cm³/mol. The number of nitrogens with zero attached hydrogens (tertiary/aromatic N) is 1. The number of nitrogens with one attached hydrogen (secondary N) is 1. The molecule has 1 atom stereocenters.